The summed E-state index contributed by atoms with van der Waals surface area (Å²) < 4.78 is 11.9. The van der Waals surface area contributed by atoms with Gasteiger partial charge in [0.05, 0.1) is 18.1 Å². The quantitative estimate of drug-likeness (QED) is 0.567. The molecular weight excluding hydrogens is 300 g/mol. The normalized spacial score (nSPS) is 16.7. The van der Waals surface area contributed by atoms with E-state index in [1.54, 1.807) is 0 Å². The van der Waals surface area contributed by atoms with Gasteiger partial charge in [-0.15, -0.1) is 0 Å². The van der Waals surface area contributed by atoms with Crippen LogP contribution in [-0.4, -0.2) is 23.8 Å². The molecule has 0 saturated heterocycles. The molecule has 0 heterocycles. The first-order valence-corrected chi connectivity index (χ1v) is 9.22. The lowest BCUT2D eigenvalue weighted by Crippen LogP contribution is -2.43. The first kappa shape index (κ1) is 23.4. The zero-order chi connectivity index (χ0) is 19.6. The molecule has 0 aliphatic heterocycles. The van der Waals surface area contributed by atoms with Crippen molar-refractivity contribution >= 4 is 5.97 Å². The number of ether oxygens (including phenoxy) is 2. The highest BCUT2D eigenvalue weighted by atomic mass is 16.6. The van der Waals surface area contributed by atoms with Crippen molar-refractivity contribution in [3.63, 3.8) is 0 Å². The molecule has 3 nitrogen and oxygen atoms in total. The van der Waals surface area contributed by atoms with Crippen molar-refractivity contribution in [2.75, 3.05) is 6.61 Å². The molecular formula is C21H42O3. The molecule has 0 saturated carbocycles. The molecule has 0 spiro atoms. The molecule has 3 heteroatoms. The number of hydrogen-bond acceptors (Lipinski definition) is 3. The highest BCUT2D eigenvalue weighted by molar-refractivity contribution is 5.73. The highest BCUT2D eigenvalue weighted by Crippen LogP contribution is 2.38. The van der Waals surface area contributed by atoms with Gasteiger partial charge in [-0.3, -0.25) is 4.79 Å². The molecule has 0 amide bonds. The van der Waals surface area contributed by atoms with Gasteiger partial charge in [0.25, 0.3) is 0 Å². The largest absolute Gasteiger partial charge is 0.459 e. The molecule has 0 aliphatic rings. The van der Waals surface area contributed by atoms with Gasteiger partial charge in [0.15, 0.2) is 0 Å². The minimum atomic E-state index is -0.552. The molecule has 0 aliphatic carbocycles. The van der Waals surface area contributed by atoms with Gasteiger partial charge in [0.1, 0.15) is 5.60 Å². The summed E-state index contributed by atoms with van der Waals surface area (Å²) in [5, 5.41) is 0. The van der Waals surface area contributed by atoms with Gasteiger partial charge in [0.2, 0.25) is 0 Å². The van der Waals surface area contributed by atoms with Crippen LogP contribution in [0.3, 0.4) is 0 Å². The summed E-state index contributed by atoms with van der Waals surface area (Å²) >= 11 is 0. The molecule has 24 heavy (non-hydrogen) atoms. The van der Waals surface area contributed by atoms with E-state index in [-0.39, 0.29) is 34.2 Å². The lowest BCUT2D eigenvalue weighted by molar-refractivity contribution is -0.175. The molecule has 0 rings (SSSR count). The second-order valence-corrected chi connectivity index (χ2v) is 11.0. The summed E-state index contributed by atoms with van der Waals surface area (Å²) in [5.74, 6) is -0.0894. The fourth-order valence-electron chi connectivity index (χ4n) is 2.36. The highest BCUT2D eigenvalue weighted by Gasteiger charge is 2.40. The molecule has 0 aromatic rings. The SMILES string of the molecule is CC(COC(C)(C)C)C(C)(C)OC(=O)C(CC(C)(C)C)C(C)(C)C. The van der Waals surface area contributed by atoms with Crippen LogP contribution >= 0.6 is 0 Å². The van der Waals surface area contributed by atoms with E-state index < -0.39 is 5.60 Å². The van der Waals surface area contributed by atoms with Crippen molar-refractivity contribution in [1.29, 1.82) is 0 Å². The molecule has 0 radical (unpaired) electrons. The number of hydrogen-bond donors (Lipinski definition) is 0. The maximum absolute atomic E-state index is 12.9. The molecule has 2 atom stereocenters. The second kappa shape index (κ2) is 7.76. The maximum Gasteiger partial charge on any atom is 0.310 e. The number of esters is 1. The van der Waals surface area contributed by atoms with E-state index in [9.17, 15) is 4.79 Å². The minimum Gasteiger partial charge on any atom is -0.459 e. The predicted molar refractivity (Wildman–Crippen MR) is 102 cm³/mol. The summed E-state index contributed by atoms with van der Waals surface area (Å²) in [5.41, 5.74) is -0.772. The van der Waals surface area contributed by atoms with E-state index in [2.05, 4.69) is 48.5 Å². The maximum atomic E-state index is 12.9. The van der Waals surface area contributed by atoms with Gasteiger partial charge >= 0.3 is 5.97 Å². The standard InChI is InChI=1S/C21H42O3/c1-15(14-23-20(8,9)10)21(11,12)24-17(22)16(19(5,6)7)13-18(2,3)4/h15-16H,13-14H2,1-12H3. The Balaban J connectivity index is 5.06. The smallest absolute Gasteiger partial charge is 0.310 e. The lowest BCUT2D eigenvalue weighted by atomic mass is 9.72. The fraction of sp³-hybridized carbons (Fsp3) is 0.952. The van der Waals surface area contributed by atoms with E-state index in [1.165, 1.54) is 0 Å². The van der Waals surface area contributed by atoms with Crippen molar-refractivity contribution in [2.45, 2.75) is 101 Å². The van der Waals surface area contributed by atoms with E-state index in [1.807, 2.05) is 34.6 Å². The van der Waals surface area contributed by atoms with Crippen molar-refractivity contribution in [2.24, 2.45) is 22.7 Å². The van der Waals surface area contributed by atoms with Crippen molar-refractivity contribution < 1.29 is 14.3 Å². The van der Waals surface area contributed by atoms with Gasteiger partial charge in [-0.05, 0) is 51.9 Å². The Kier molecular flexibility index (Phi) is 7.58. The topological polar surface area (TPSA) is 35.5 Å². The monoisotopic (exact) mass is 342 g/mol. The van der Waals surface area contributed by atoms with Gasteiger partial charge in [-0.2, -0.15) is 0 Å². The van der Waals surface area contributed by atoms with Crippen molar-refractivity contribution in [3.8, 4) is 0 Å². The average molecular weight is 343 g/mol. The van der Waals surface area contributed by atoms with Crippen LogP contribution in [0, 0.1) is 22.7 Å². The molecule has 0 fully saturated rings. The number of carbonyl (C=O) groups excluding carboxylic acids is 1. The van der Waals surface area contributed by atoms with Gasteiger partial charge < -0.3 is 9.47 Å². The molecule has 0 N–H and O–H groups in total. The van der Waals surface area contributed by atoms with Crippen LogP contribution in [0.25, 0.3) is 0 Å². The van der Waals surface area contributed by atoms with E-state index >= 15 is 0 Å². The first-order valence-electron chi connectivity index (χ1n) is 9.22. The Hall–Kier alpha value is -0.570. The number of rotatable bonds is 6. The fourth-order valence-corrected chi connectivity index (χ4v) is 2.36. The van der Waals surface area contributed by atoms with Gasteiger partial charge in [0, 0.05) is 5.92 Å². The third-order valence-corrected chi connectivity index (χ3v) is 4.46. The minimum absolute atomic E-state index is 0.0854. The second-order valence-electron chi connectivity index (χ2n) is 11.0. The van der Waals surface area contributed by atoms with Crippen molar-refractivity contribution in [1.82, 2.24) is 0 Å². The van der Waals surface area contributed by atoms with Gasteiger partial charge in [-0.25, -0.2) is 0 Å². The van der Waals surface area contributed by atoms with Crippen LogP contribution in [0.15, 0.2) is 0 Å². The van der Waals surface area contributed by atoms with E-state index in [4.69, 9.17) is 9.47 Å². The Bertz CT molecular complexity index is 402. The average Bonchev–Trinajstić information content (AvgIpc) is 2.28. The Morgan fingerprint density at radius 1 is 0.875 bits per heavy atom. The lowest BCUT2D eigenvalue weighted by Gasteiger charge is -2.38. The molecule has 0 bridgehead atoms. The zero-order valence-electron chi connectivity index (χ0n) is 18.3. The van der Waals surface area contributed by atoms with Crippen molar-refractivity contribution in [3.05, 3.63) is 0 Å². The molecule has 144 valence electrons. The van der Waals surface area contributed by atoms with Crippen LogP contribution in [0.2, 0.25) is 0 Å². The summed E-state index contributed by atoms with van der Waals surface area (Å²) in [6.45, 7) is 25.6. The molecule has 2 unspecified atom stereocenters. The van der Waals surface area contributed by atoms with Crippen LogP contribution < -0.4 is 0 Å². The zero-order valence-corrected chi connectivity index (χ0v) is 18.3. The number of carbonyl (C=O) groups is 1. The summed E-state index contributed by atoms with van der Waals surface area (Å²) in [7, 11) is 0. The predicted octanol–water partition coefficient (Wildman–Crippen LogP) is 5.86. The third kappa shape index (κ3) is 9.05. The van der Waals surface area contributed by atoms with Crippen LogP contribution in [0.4, 0.5) is 0 Å². The third-order valence-electron chi connectivity index (χ3n) is 4.46. The van der Waals surface area contributed by atoms with Gasteiger partial charge in [-0.1, -0.05) is 48.5 Å². The van der Waals surface area contributed by atoms with Crippen LogP contribution in [0.1, 0.15) is 89.5 Å². The Morgan fingerprint density at radius 2 is 1.33 bits per heavy atom. The Labute approximate surface area is 150 Å². The van der Waals surface area contributed by atoms with Crippen LogP contribution in [-0.2, 0) is 14.3 Å². The summed E-state index contributed by atoms with van der Waals surface area (Å²) in [6, 6.07) is 0. The van der Waals surface area contributed by atoms with E-state index in [0.29, 0.717) is 6.61 Å². The molecule has 0 aromatic carbocycles. The van der Waals surface area contributed by atoms with Crippen LogP contribution in [0.5, 0.6) is 0 Å². The Morgan fingerprint density at radius 3 is 1.67 bits per heavy atom. The van der Waals surface area contributed by atoms with E-state index in [0.717, 1.165) is 6.42 Å². The summed E-state index contributed by atoms with van der Waals surface area (Å²) in [6.07, 6.45) is 0.818. The summed E-state index contributed by atoms with van der Waals surface area (Å²) in [4.78, 5) is 12.9. The molecule has 0 aromatic heterocycles. The first-order chi connectivity index (χ1) is 10.4.